The van der Waals surface area contributed by atoms with E-state index in [4.69, 9.17) is 0 Å². The third-order valence-electron chi connectivity index (χ3n) is 1.63. The molecule has 0 aromatic carbocycles. The molecule has 0 atom stereocenters. The van der Waals surface area contributed by atoms with Gasteiger partial charge in [-0.2, -0.15) is 0 Å². The molecule has 20 heavy (non-hydrogen) atoms. The van der Waals surface area contributed by atoms with Gasteiger partial charge in [0.1, 0.15) is 0 Å². The number of nitro groups is 6. The van der Waals surface area contributed by atoms with E-state index >= 15 is 0 Å². The molecule has 4 N–H and O–H groups in total. The molecular weight excluding hydrogens is 393 g/mol. The van der Waals surface area contributed by atoms with Crippen LogP contribution in [0.15, 0.2) is 0 Å². The largest absolute Gasteiger partial charge is 0.369 e. The molecule has 19 nitrogen and oxygen atoms in total. The van der Waals surface area contributed by atoms with E-state index in [0.29, 0.717) is 0 Å². The second-order valence-corrected chi connectivity index (χ2v) is 10.7. The smallest absolute Gasteiger partial charge is 0.369 e. The summed E-state index contributed by atoms with van der Waals surface area (Å²) in [7, 11) is 0. The van der Waals surface area contributed by atoms with Crippen LogP contribution >= 0.6 is 0 Å². The minimum absolute atomic E-state index is 0. The molecule has 0 unspecified atom stereocenters. The summed E-state index contributed by atoms with van der Waals surface area (Å²) in [4.78, 5) is 63.3. The minimum atomic E-state index is -10.8. The molecule has 0 saturated heterocycles. The molecule has 0 aliphatic rings. The summed E-state index contributed by atoms with van der Waals surface area (Å²) < 4.78 is -19.4. The summed E-state index contributed by atoms with van der Waals surface area (Å²) in [6.45, 7) is 0. The summed E-state index contributed by atoms with van der Waals surface area (Å²) in [5, 5.41) is 63.3. The topological polar surface area (TPSA) is 295 Å². The van der Waals surface area contributed by atoms with Crippen molar-refractivity contribution in [2.45, 2.75) is 0 Å². The molecule has 0 saturated carbocycles. The Labute approximate surface area is 103 Å². The van der Waals surface area contributed by atoms with Gasteiger partial charge < -0.3 is 6.15 Å². The fourth-order valence-electron chi connectivity index (χ4n) is 0.667. The third-order valence-corrected chi connectivity index (χ3v) is 9.66. The molecule has 20 heteroatoms. The van der Waals surface area contributed by atoms with Crippen LogP contribution in [0.1, 0.15) is 0 Å². The average Bonchev–Trinajstić information content (AvgIpc) is 2.15. The summed E-state index contributed by atoms with van der Waals surface area (Å²) in [5.41, 5.74) is 0. The molecule has 0 radical (unpaired) electrons. The van der Waals surface area contributed by atoms with Crippen LogP contribution < -0.4 is 6.15 Å². The first-order valence-electron chi connectivity index (χ1n) is 3.09. The number of hydrogen-bond donors (Lipinski definition) is 1. The molecule has 0 amide bonds. The van der Waals surface area contributed by atoms with Crippen LogP contribution in [0.25, 0.3) is 0 Å². The standard InChI is InChI=1S/6NO2.H3N.Rh/c6*2-1-3;;/h;;;;;;1H3;/q;;;;;;;-1/p+1. The third kappa shape index (κ3) is 0.902. The van der Waals surface area contributed by atoms with Gasteiger partial charge in [0.2, 0.25) is 0 Å². The molecule has 0 aromatic rings. The van der Waals surface area contributed by atoms with Crippen molar-refractivity contribution in [2.24, 2.45) is 0 Å². The van der Waals surface area contributed by atoms with Crippen molar-refractivity contribution in [1.29, 1.82) is 0 Å². The van der Waals surface area contributed by atoms with Crippen LogP contribution in [0.5, 0.6) is 0 Å². The van der Waals surface area contributed by atoms with Crippen LogP contribution in [0, 0.1) is 60.7 Å². The maximum atomic E-state index is 10.5. The predicted octanol–water partition coefficient (Wildman–Crippen LogP) is -1.26. The maximum absolute atomic E-state index is 10.8. The van der Waals surface area contributed by atoms with Gasteiger partial charge in [-0.25, -0.2) is 0 Å². The molecular formula is H4N7O12Rh. The number of nitrogens with zero attached hydrogens (tertiary/aromatic N) is 6. The van der Waals surface area contributed by atoms with Crippen LogP contribution in [-0.4, -0.2) is 22.0 Å². The van der Waals surface area contributed by atoms with Gasteiger partial charge in [0.05, 0.1) is 0 Å². The molecule has 0 aromatic heterocycles. The van der Waals surface area contributed by atoms with Crippen molar-refractivity contribution in [3.8, 4) is 0 Å². The quantitative estimate of drug-likeness (QED) is 0.312. The summed E-state index contributed by atoms with van der Waals surface area (Å²) in [6.07, 6.45) is 0. The first-order chi connectivity index (χ1) is 8.34. The molecule has 0 bridgehead atoms. The van der Waals surface area contributed by atoms with Crippen molar-refractivity contribution in [3.63, 3.8) is 0 Å². The Morgan fingerprint density at radius 3 is 0.550 bits per heavy atom. The van der Waals surface area contributed by atoms with E-state index in [-0.39, 0.29) is 6.15 Å². The molecule has 0 rings (SSSR count). The first kappa shape index (κ1) is 19.3. The zero-order valence-corrected chi connectivity index (χ0v) is 10.6. The Hall–Kier alpha value is -3.02. The summed E-state index contributed by atoms with van der Waals surface area (Å²) >= 11 is -10.8. The monoisotopic (exact) mass is 397 g/mol. The van der Waals surface area contributed by atoms with Crippen molar-refractivity contribution in [2.75, 3.05) is 0 Å². The molecule has 0 fully saturated rings. The Bertz CT molecular complexity index is 427. The van der Waals surface area contributed by atoms with Gasteiger partial charge in [-0.05, 0) is 0 Å². The Balaban J connectivity index is 0. The van der Waals surface area contributed by atoms with Crippen molar-refractivity contribution in [3.05, 3.63) is 60.7 Å². The van der Waals surface area contributed by atoms with Crippen LogP contribution in [0.3, 0.4) is 0 Å². The van der Waals surface area contributed by atoms with E-state index in [1.54, 1.807) is 0 Å². The SMILES string of the molecule is O=[N+]([O-])[Rh-]([N+](=O)[O-])([N+](=O)[O-])([N+](=O)[O-])([N+](=O)[O-])[N+](=O)[O-].[NH4+]. The second kappa shape index (κ2) is 3.99. The van der Waals surface area contributed by atoms with Crippen molar-refractivity contribution >= 4 is 0 Å². The second-order valence-electron chi connectivity index (χ2n) is 2.18. The molecule has 120 valence electrons. The number of quaternary nitrogens is 1. The van der Waals surface area contributed by atoms with Crippen LogP contribution in [0.2, 0.25) is 0 Å². The van der Waals surface area contributed by atoms with Gasteiger partial charge in [0.15, 0.2) is 0 Å². The number of hydrogen-bond acceptors (Lipinski definition) is 12. The molecule has 0 aliphatic carbocycles. The molecule has 0 aliphatic heterocycles. The predicted molar refractivity (Wildman–Crippen MR) is 48.0 cm³/mol. The van der Waals surface area contributed by atoms with Gasteiger partial charge in [0.25, 0.3) is 0 Å². The maximum Gasteiger partial charge on any atom is -0.369 e. The van der Waals surface area contributed by atoms with Gasteiger partial charge in [-0.3, -0.25) is 0 Å². The van der Waals surface area contributed by atoms with E-state index in [9.17, 15) is 60.7 Å². The Morgan fingerprint density at radius 2 is 0.550 bits per heavy atom. The van der Waals surface area contributed by atoms with Gasteiger partial charge in [-0.1, -0.05) is 0 Å². The molecule has 0 heterocycles. The van der Waals surface area contributed by atoms with E-state index in [1.165, 1.54) is 0 Å². The van der Waals surface area contributed by atoms with Crippen LogP contribution in [-0.2, 0) is 13.9 Å². The summed E-state index contributed by atoms with van der Waals surface area (Å²) in [6, 6.07) is 0. The average molecular weight is 397 g/mol. The normalized spacial score (nSPS) is 13.8. The van der Waals surface area contributed by atoms with Crippen LogP contribution in [0.4, 0.5) is 0 Å². The van der Waals surface area contributed by atoms with E-state index < -0.39 is 35.9 Å². The van der Waals surface area contributed by atoms with E-state index in [1.807, 2.05) is 0 Å². The molecule has 0 spiro atoms. The fourth-order valence-corrected chi connectivity index (χ4v) is 3.94. The minimum Gasteiger partial charge on any atom is -0.369 e. The van der Waals surface area contributed by atoms with Crippen molar-refractivity contribution in [1.82, 2.24) is 6.15 Å². The van der Waals surface area contributed by atoms with Gasteiger partial charge >= 0.3 is 96.5 Å². The van der Waals surface area contributed by atoms with E-state index in [0.717, 1.165) is 0 Å². The zero-order valence-electron chi connectivity index (χ0n) is 8.92. The Kier molecular flexibility index (Phi) is 3.86. The summed E-state index contributed by atoms with van der Waals surface area (Å²) in [5.74, 6) is 0. The zero-order chi connectivity index (χ0) is 15.9. The van der Waals surface area contributed by atoms with Crippen molar-refractivity contribution < 1.29 is 35.9 Å². The van der Waals surface area contributed by atoms with Gasteiger partial charge in [-0.15, -0.1) is 0 Å². The number of rotatable bonds is 6. The fraction of sp³-hybridized carbons (Fsp3) is 0. The Morgan fingerprint density at radius 1 is 0.450 bits per heavy atom. The van der Waals surface area contributed by atoms with Gasteiger partial charge in [0, 0.05) is 0 Å². The first-order valence-corrected chi connectivity index (χ1v) is 7.48. The van der Waals surface area contributed by atoms with E-state index in [2.05, 4.69) is 0 Å².